The average Bonchev–Trinajstić information content (AvgIpc) is 2.70. The van der Waals surface area contributed by atoms with Crippen LogP contribution in [0.3, 0.4) is 0 Å². The van der Waals surface area contributed by atoms with Crippen molar-refractivity contribution in [1.29, 1.82) is 0 Å². The van der Waals surface area contributed by atoms with Crippen molar-refractivity contribution >= 4 is 17.4 Å². The molecule has 0 unspecified atom stereocenters. The van der Waals surface area contributed by atoms with Crippen molar-refractivity contribution < 1.29 is 4.79 Å². The van der Waals surface area contributed by atoms with Crippen LogP contribution < -0.4 is 10.6 Å². The van der Waals surface area contributed by atoms with Crippen LogP contribution in [0, 0.1) is 0 Å². The Morgan fingerprint density at radius 2 is 2.04 bits per heavy atom. The molecular weight excluding hydrogens is 324 g/mol. The summed E-state index contributed by atoms with van der Waals surface area (Å²) in [6.45, 7) is 2.76. The summed E-state index contributed by atoms with van der Waals surface area (Å²) in [7, 11) is 0. The lowest BCUT2D eigenvalue weighted by Gasteiger charge is -2.13. The second-order valence-corrected chi connectivity index (χ2v) is 6.54. The fraction of sp³-hybridized carbons (Fsp3) is 0.381. The third kappa shape index (κ3) is 4.91. The zero-order valence-electron chi connectivity index (χ0n) is 15.3. The highest BCUT2D eigenvalue weighted by atomic mass is 16.1. The molecule has 1 aromatic carbocycles. The number of anilines is 2. The van der Waals surface area contributed by atoms with Gasteiger partial charge in [0, 0.05) is 12.2 Å². The monoisotopic (exact) mass is 350 g/mol. The number of carbonyl (C=O) groups excluding carboxylic acids is 1. The summed E-state index contributed by atoms with van der Waals surface area (Å²) in [6, 6.07) is 8.10. The summed E-state index contributed by atoms with van der Waals surface area (Å²) >= 11 is 0. The first-order valence-corrected chi connectivity index (χ1v) is 9.39. The second-order valence-electron chi connectivity index (χ2n) is 6.54. The minimum Gasteiger partial charge on any atom is -0.350 e. The number of aromatic nitrogens is 2. The molecule has 5 nitrogen and oxygen atoms in total. The molecule has 1 amide bonds. The van der Waals surface area contributed by atoms with Gasteiger partial charge in [-0.3, -0.25) is 4.79 Å². The van der Waals surface area contributed by atoms with Crippen LogP contribution in [-0.4, -0.2) is 22.4 Å². The van der Waals surface area contributed by atoms with Gasteiger partial charge in [0.05, 0.1) is 12.4 Å². The molecule has 1 aliphatic rings. The molecule has 2 aromatic rings. The summed E-state index contributed by atoms with van der Waals surface area (Å²) in [6.07, 6.45) is 12.2. The molecule has 26 heavy (non-hydrogen) atoms. The van der Waals surface area contributed by atoms with Gasteiger partial charge in [0.15, 0.2) is 0 Å². The summed E-state index contributed by atoms with van der Waals surface area (Å²) in [5, 5.41) is 6.19. The fourth-order valence-electron chi connectivity index (χ4n) is 3.16. The molecule has 0 saturated carbocycles. The van der Waals surface area contributed by atoms with Crippen molar-refractivity contribution in [1.82, 2.24) is 15.3 Å². The summed E-state index contributed by atoms with van der Waals surface area (Å²) < 4.78 is 0. The molecule has 0 radical (unpaired) electrons. The third-order valence-electron chi connectivity index (χ3n) is 4.66. The van der Waals surface area contributed by atoms with E-state index >= 15 is 0 Å². The number of hydrogen-bond acceptors (Lipinski definition) is 4. The van der Waals surface area contributed by atoms with Crippen LogP contribution in [0.5, 0.6) is 0 Å². The van der Waals surface area contributed by atoms with Gasteiger partial charge in [-0.05, 0) is 50.2 Å². The smallest absolute Gasteiger partial charge is 0.271 e. The second kappa shape index (κ2) is 9.13. The Labute approximate surface area is 155 Å². The number of nitrogens with one attached hydrogen (secondary N) is 2. The van der Waals surface area contributed by atoms with Gasteiger partial charge < -0.3 is 10.6 Å². The van der Waals surface area contributed by atoms with Crippen molar-refractivity contribution in [2.75, 3.05) is 11.9 Å². The molecule has 3 rings (SSSR count). The lowest BCUT2D eigenvalue weighted by atomic mass is 9.97. The molecule has 0 atom stereocenters. The molecule has 0 spiro atoms. The molecule has 0 bridgehead atoms. The largest absolute Gasteiger partial charge is 0.350 e. The van der Waals surface area contributed by atoms with Gasteiger partial charge in [-0.25, -0.2) is 9.97 Å². The van der Waals surface area contributed by atoms with E-state index in [1.807, 2.05) is 18.2 Å². The Hall–Kier alpha value is -2.69. The number of amides is 1. The zero-order chi connectivity index (χ0) is 18.2. The van der Waals surface area contributed by atoms with E-state index in [1.165, 1.54) is 36.6 Å². The predicted molar refractivity (Wildman–Crippen MR) is 105 cm³/mol. The predicted octanol–water partition coefficient (Wildman–Crippen LogP) is 4.40. The molecule has 0 fully saturated rings. The van der Waals surface area contributed by atoms with E-state index in [-0.39, 0.29) is 5.91 Å². The van der Waals surface area contributed by atoms with Crippen LogP contribution in [0.4, 0.5) is 11.5 Å². The molecule has 5 heteroatoms. The van der Waals surface area contributed by atoms with E-state index in [2.05, 4.69) is 39.7 Å². The van der Waals surface area contributed by atoms with Crippen LogP contribution in [0.1, 0.15) is 55.1 Å². The van der Waals surface area contributed by atoms with E-state index in [4.69, 9.17) is 0 Å². The number of nitrogens with zero attached hydrogens (tertiary/aromatic N) is 2. The van der Waals surface area contributed by atoms with E-state index in [9.17, 15) is 4.79 Å². The van der Waals surface area contributed by atoms with Gasteiger partial charge in [-0.2, -0.15) is 0 Å². The Morgan fingerprint density at radius 3 is 2.77 bits per heavy atom. The fourth-order valence-corrected chi connectivity index (χ4v) is 3.16. The molecule has 1 heterocycles. The third-order valence-corrected chi connectivity index (χ3v) is 4.66. The summed E-state index contributed by atoms with van der Waals surface area (Å²) in [5.41, 5.74) is 4.03. The maximum atomic E-state index is 12.2. The first-order valence-electron chi connectivity index (χ1n) is 9.39. The SMILES string of the molecule is CCc1ccccc1Nc1cnc(C(=O)NCCC2=CCCCC2)cn1. The number of para-hydroxylation sites is 1. The van der Waals surface area contributed by atoms with Gasteiger partial charge in [0.25, 0.3) is 5.91 Å². The standard InChI is InChI=1S/C21H26N4O/c1-2-17-10-6-7-11-18(17)25-20-15-23-19(14-24-20)21(26)22-13-12-16-8-4-3-5-9-16/h6-8,10-11,14-15H,2-5,9,12-13H2,1H3,(H,22,26)(H,24,25). The summed E-state index contributed by atoms with van der Waals surface area (Å²) in [4.78, 5) is 20.8. The Kier molecular flexibility index (Phi) is 6.36. The number of aryl methyl sites for hydroxylation is 1. The van der Waals surface area contributed by atoms with Crippen LogP contribution in [0.15, 0.2) is 48.3 Å². The number of hydrogen-bond donors (Lipinski definition) is 2. The van der Waals surface area contributed by atoms with E-state index in [0.717, 1.165) is 24.9 Å². The Morgan fingerprint density at radius 1 is 1.15 bits per heavy atom. The van der Waals surface area contributed by atoms with Crippen molar-refractivity contribution in [3.05, 3.63) is 59.6 Å². The van der Waals surface area contributed by atoms with Crippen molar-refractivity contribution in [2.45, 2.75) is 45.4 Å². The molecule has 136 valence electrons. The minimum absolute atomic E-state index is 0.172. The van der Waals surface area contributed by atoms with Crippen LogP contribution in [-0.2, 0) is 6.42 Å². The first kappa shape index (κ1) is 18.1. The van der Waals surface area contributed by atoms with Crippen LogP contribution in [0.2, 0.25) is 0 Å². The average molecular weight is 350 g/mol. The van der Waals surface area contributed by atoms with Crippen molar-refractivity contribution in [2.24, 2.45) is 0 Å². The zero-order valence-corrected chi connectivity index (χ0v) is 15.3. The first-order chi connectivity index (χ1) is 12.8. The lowest BCUT2D eigenvalue weighted by molar-refractivity contribution is 0.0948. The number of carbonyl (C=O) groups is 1. The highest BCUT2D eigenvalue weighted by Crippen LogP contribution is 2.20. The van der Waals surface area contributed by atoms with Gasteiger partial charge >= 0.3 is 0 Å². The van der Waals surface area contributed by atoms with Crippen molar-refractivity contribution in [3.63, 3.8) is 0 Å². The number of allylic oxidation sites excluding steroid dienone is 1. The molecular formula is C21H26N4O. The quantitative estimate of drug-likeness (QED) is 0.726. The number of rotatable bonds is 7. The molecule has 2 N–H and O–H groups in total. The van der Waals surface area contributed by atoms with Crippen LogP contribution >= 0.6 is 0 Å². The maximum Gasteiger partial charge on any atom is 0.271 e. The van der Waals surface area contributed by atoms with Gasteiger partial charge in [-0.1, -0.05) is 36.8 Å². The molecule has 0 saturated heterocycles. The molecule has 0 aliphatic heterocycles. The van der Waals surface area contributed by atoms with Crippen molar-refractivity contribution in [3.8, 4) is 0 Å². The van der Waals surface area contributed by atoms with E-state index < -0.39 is 0 Å². The summed E-state index contributed by atoms with van der Waals surface area (Å²) in [5.74, 6) is 0.462. The topological polar surface area (TPSA) is 66.9 Å². The molecule has 1 aliphatic carbocycles. The highest BCUT2D eigenvalue weighted by molar-refractivity contribution is 5.92. The van der Waals surface area contributed by atoms with Gasteiger partial charge in [-0.15, -0.1) is 0 Å². The minimum atomic E-state index is -0.172. The lowest BCUT2D eigenvalue weighted by Crippen LogP contribution is -2.26. The van der Waals surface area contributed by atoms with E-state index in [1.54, 1.807) is 6.20 Å². The maximum absolute atomic E-state index is 12.2. The number of benzene rings is 1. The van der Waals surface area contributed by atoms with Gasteiger partial charge in [0.1, 0.15) is 11.5 Å². The normalized spacial score (nSPS) is 13.8. The van der Waals surface area contributed by atoms with E-state index in [0.29, 0.717) is 18.1 Å². The molecule has 1 aromatic heterocycles. The van der Waals surface area contributed by atoms with Crippen LogP contribution in [0.25, 0.3) is 0 Å². The van der Waals surface area contributed by atoms with Gasteiger partial charge in [0.2, 0.25) is 0 Å². The Balaban J connectivity index is 1.53. The Bertz CT molecular complexity index is 768. The highest BCUT2D eigenvalue weighted by Gasteiger charge is 2.09.